The standard InChI is InChI=1S/C15H28N4O2/c1-16-9-12-5-4-8-19(10-12)11-14(20)18-15(21)17-13-6-2-3-7-13/h12-13,16H,2-11H2,1H3,(H2,17,18,20,21). The number of nitrogens with zero attached hydrogens (tertiary/aromatic N) is 1. The maximum atomic E-state index is 11.9. The molecule has 6 heteroatoms. The first-order valence-electron chi connectivity index (χ1n) is 8.14. The molecule has 3 N–H and O–H groups in total. The third-order valence-corrected chi connectivity index (χ3v) is 4.41. The third kappa shape index (κ3) is 5.63. The lowest BCUT2D eigenvalue weighted by Gasteiger charge is -2.32. The van der Waals surface area contributed by atoms with Crippen LogP contribution in [0.25, 0.3) is 0 Å². The van der Waals surface area contributed by atoms with Crippen LogP contribution in [0.4, 0.5) is 4.79 Å². The molecule has 0 aromatic rings. The number of carbonyl (C=O) groups is 2. The van der Waals surface area contributed by atoms with Crippen LogP contribution in [0.5, 0.6) is 0 Å². The van der Waals surface area contributed by atoms with Crippen molar-refractivity contribution in [3.8, 4) is 0 Å². The van der Waals surface area contributed by atoms with Crippen LogP contribution in [0.15, 0.2) is 0 Å². The lowest BCUT2D eigenvalue weighted by Crippen LogP contribution is -2.49. The average Bonchev–Trinajstić information content (AvgIpc) is 2.91. The Morgan fingerprint density at radius 3 is 2.62 bits per heavy atom. The molecule has 0 spiro atoms. The van der Waals surface area contributed by atoms with E-state index in [2.05, 4.69) is 20.9 Å². The average molecular weight is 296 g/mol. The first-order chi connectivity index (χ1) is 10.2. The topological polar surface area (TPSA) is 73.5 Å². The van der Waals surface area contributed by atoms with Gasteiger partial charge in [-0.1, -0.05) is 12.8 Å². The predicted octanol–water partition coefficient (Wildman–Crippen LogP) is 0.686. The summed E-state index contributed by atoms with van der Waals surface area (Å²) in [6, 6.07) is -0.0940. The molecule has 1 unspecified atom stereocenters. The van der Waals surface area contributed by atoms with Crippen molar-refractivity contribution >= 4 is 11.9 Å². The molecular weight excluding hydrogens is 268 g/mol. The summed E-state index contributed by atoms with van der Waals surface area (Å²) in [6.45, 7) is 3.18. The fourth-order valence-corrected chi connectivity index (χ4v) is 3.41. The molecule has 2 fully saturated rings. The van der Waals surface area contributed by atoms with E-state index in [1.54, 1.807) is 0 Å². The molecule has 2 aliphatic rings. The molecule has 0 radical (unpaired) electrons. The Labute approximate surface area is 127 Å². The van der Waals surface area contributed by atoms with Crippen LogP contribution in [0, 0.1) is 5.92 Å². The van der Waals surface area contributed by atoms with Gasteiger partial charge in [0.2, 0.25) is 5.91 Å². The van der Waals surface area contributed by atoms with Crippen LogP contribution in [0.2, 0.25) is 0 Å². The van der Waals surface area contributed by atoms with Gasteiger partial charge in [0.1, 0.15) is 0 Å². The number of piperidine rings is 1. The van der Waals surface area contributed by atoms with E-state index in [4.69, 9.17) is 0 Å². The first-order valence-corrected chi connectivity index (χ1v) is 8.14. The number of urea groups is 1. The maximum absolute atomic E-state index is 11.9. The Morgan fingerprint density at radius 2 is 1.90 bits per heavy atom. The Balaban J connectivity index is 1.67. The van der Waals surface area contributed by atoms with E-state index in [0.717, 1.165) is 38.9 Å². The molecule has 1 saturated carbocycles. The Kier molecular flexibility index (Phi) is 6.45. The highest BCUT2D eigenvalue weighted by atomic mass is 16.2. The van der Waals surface area contributed by atoms with Gasteiger partial charge in [0.15, 0.2) is 0 Å². The van der Waals surface area contributed by atoms with E-state index >= 15 is 0 Å². The molecule has 1 aliphatic heterocycles. The Hall–Kier alpha value is -1.14. The number of likely N-dealkylation sites (tertiary alicyclic amines) is 1. The zero-order chi connectivity index (χ0) is 15.1. The van der Waals surface area contributed by atoms with Crippen molar-refractivity contribution in [1.29, 1.82) is 0 Å². The van der Waals surface area contributed by atoms with Gasteiger partial charge in [0, 0.05) is 12.6 Å². The van der Waals surface area contributed by atoms with Crippen molar-refractivity contribution in [2.75, 3.05) is 33.2 Å². The number of nitrogens with one attached hydrogen (secondary N) is 3. The molecule has 1 heterocycles. The summed E-state index contributed by atoms with van der Waals surface area (Å²) < 4.78 is 0. The summed E-state index contributed by atoms with van der Waals surface area (Å²) in [5, 5.41) is 8.52. The van der Waals surface area contributed by atoms with Gasteiger partial charge >= 0.3 is 6.03 Å². The Morgan fingerprint density at radius 1 is 1.14 bits per heavy atom. The van der Waals surface area contributed by atoms with Crippen molar-refractivity contribution < 1.29 is 9.59 Å². The lowest BCUT2D eigenvalue weighted by molar-refractivity contribution is -0.121. The zero-order valence-electron chi connectivity index (χ0n) is 13.0. The van der Waals surface area contributed by atoms with Crippen molar-refractivity contribution in [2.24, 2.45) is 5.92 Å². The highest BCUT2D eigenvalue weighted by Gasteiger charge is 2.22. The Bertz CT molecular complexity index is 354. The maximum Gasteiger partial charge on any atom is 0.321 e. The molecule has 6 nitrogen and oxygen atoms in total. The SMILES string of the molecule is CNCC1CCCN(CC(=O)NC(=O)NC2CCCC2)C1. The second kappa shape index (κ2) is 8.34. The predicted molar refractivity (Wildman–Crippen MR) is 82.0 cm³/mol. The normalized spacial score (nSPS) is 24.0. The first kappa shape index (κ1) is 16.2. The summed E-state index contributed by atoms with van der Waals surface area (Å²) in [5.74, 6) is 0.402. The molecule has 0 bridgehead atoms. The molecular formula is C15H28N4O2. The number of carbonyl (C=O) groups excluding carboxylic acids is 2. The molecule has 0 aromatic carbocycles. The van der Waals surface area contributed by atoms with Gasteiger partial charge in [-0.2, -0.15) is 0 Å². The van der Waals surface area contributed by atoms with Crippen molar-refractivity contribution in [3.05, 3.63) is 0 Å². The molecule has 1 aliphatic carbocycles. The molecule has 2 rings (SSSR count). The van der Waals surface area contributed by atoms with Gasteiger partial charge < -0.3 is 10.6 Å². The fourth-order valence-electron chi connectivity index (χ4n) is 3.41. The third-order valence-electron chi connectivity index (χ3n) is 4.41. The van der Waals surface area contributed by atoms with Gasteiger partial charge in [0.25, 0.3) is 0 Å². The van der Waals surface area contributed by atoms with Crippen LogP contribution in [0.3, 0.4) is 0 Å². The minimum absolute atomic E-state index is 0.199. The number of amides is 3. The van der Waals surface area contributed by atoms with E-state index in [1.807, 2.05) is 7.05 Å². The van der Waals surface area contributed by atoms with Gasteiger partial charge in [-0.3, -0.25) is 15.0 Å². The summed E-state index contributed by atoms with van der Waals surface area (Å²) in [5.41, 5.74) is 0. The van der Waals surface area contributed by atoms with Crippen LogP contribution < -0.4 is 16.0 Å². The van der Waals surface area contributed by atoms with Gasteiger partial charge in [-0.15, -0.1) is 0 Å². The van der Waals surface area contributed by atoms with Gasteiger partial charge in [-0.25, -0.2) is 4.79 Å². The molecule has 120 valence electrons. The van der Waals surface area contributed by atoms with Crippen LogP contribution in [-0.4, -0.2) is 56.1 Å². The summed E-state index contributed by atoms with van der Waals surface area (Å²) in [4.78, 5) is 25.8. The van der Waals surface area contributed by atoms with E-state index < -0.39 is 0 Å². The summed E-state index contributed by atoms with van der Waals surface area (Å²) >= 11 is 0. The summed E-state index contributed by atoms with van der Waals surface area (Å²) in [7, 11) is 1.96. The second-order valence-corrected chi connectivity index (χ2v) is 6.30. The van der Waals surface area contributed by atoms with E-state index in [9.17, 15) is 9.59 Å². The number of rotatable bonds is 5. The number of hydrogen-bond acceptors (Lipinski definition) is 4. The zero-order valence-corrected chi connectivity index (χ0v) is 13.0. The van der Waals surface area contributed by atoms with Gasteiger partial charge in [-0.05, 0) is 51.7 Å². The second-order valence-electron chi connectivity index (χ2n) is 6.30. The van der Waals surface area contributed by atoms with E-state index in [1.165, 1.54) is 19.3 Å². The van der Waals surface area contributed by atoms with E-state index in [-0.39, 0.29) is 18.0 Å². The number of hydrogen-bond donors (Lipinski definition) is 3. The highest BCUT2D eigenvalue weighted by Crippen LogP contribution is 2.17. The number of imide groups is 1. The van der Waals surface area contributed by atoms with Crippen LogP contribution >= 0.6 is 0 Å². The quantitative estimate of drug-likeness (QED) is 0.698. The largest absolute Gasteiger partial charge is 0.335 e. The molecule has 1 saturated heterocycles. The van der Waals surface area contributed by atoms with Crippen LogP contribution in [0.1, 0.15) is 38.5 Å². The fraction of sp³-hybridized carbons (Fsp3) is 0.867. The lowest BCUT2D eigenvalue weighted by atomic mass is 9.98. The van der Waals surface area contributed by atoms with Gasteiger partial charge in [0.05, 0.1) is 6.54 Å². The monoisotopic (exact) mass is 296 g/mol. The van der Waals surface area contributed by atoms with Crippen molar-refractivity contribution in [1.82, 2.24) is 20.9 Å². The van der Waals surface area contributed by atoms with Crippen LogP contribution in [-0.2, 0) is 4.79 Å². The minimum atomic E-state index is -0.337. The van der Waals surface area contributed by atoms with E-state index in [0.29, 0.717) is 12.5 Å². The highest BCUT2D eigenvalue weighted by molar-refractivity contribution is 5.95. The molecule has 21 heavy (non-hydrogen) atoms. The molecule has 3 amide bonds. The molecule has 1 atom stereocenters. The molecule has 0 aromatic heterocycles. The smallest absolute Gasteiger partial charge is 0.321 e. The van der Waals surface area contributed by atoms with Crippen molar-refractivity contribution in [2.45, 2.75) is 44.6 Å². The van der Waals surface area contributed by atoms with Crippen molar-refractivity contribution in [3.63, 3.8) is 0 Å². The minimum Gasteiger partial charge on any atom is -0.335 e. The summed E-state index contributed by atoms with van der Waals surface area (Å²) in [6.07, 6.45) is 6.72.